The van der Waals surface area contributed by atoms with Crippen LogP contribution in [-0.4, -0.2) is 17.4 Å². The topological polar surface area (TPSA) is 42.0 Å². The molecular weight excluding hydrogens is 316 g/mol. The lowest BCUT2D eigenvalue weighted by atomic mass is 10.1. The summed E-state index contributed by atoms with van der Waals surface area (Å²) in [6, 6.07) is 1.68. The van der Waals surface area contributed by atoms with Gasteiger partial charge in [-0.15, -0.1) is 0 Å². The zero-order chi connectivity index (χ0) is 13.5. The summed E-state index contributed by atoms with van der Waals surface area (Å²) in [7, 11) is 0. The monoisotopic (exact) mass is 332 g/mol. The van der Waals surface area contributed by atoms with E-state index in [1.165, 1.54) is 6.42 Å². The molecule has 0 aliphatic heterocycles. The summed E-state index contributed by atoms with van der Waals surface area (Å²) in [6.07, 6.45) is 4.88. The van der Waals surface area contributed by atoms with Crippen LogP contribution < -0.4 is 5.32 Å². The Morgan fingerprint density at radius 1 is 1.50 bits per heavy atom. The first kappa shape index (κ1) is 15.4. The summed E-state index contributed by atoms with van der Waals surface area (Å²) >= 11 is 9.15. The molecule has 0 fully saturated rings. The minimum absolute atomic E-state index is 0.168. The van der Waals surface area contributed by atoms with Crippen molar-refractivity contribution in [3.05, 3.63) is 27.5 Å². The van der Waals surface area contributed by atoms with E-state index in [0.29, 0.717) is 18.0 Å². The average molecular weight is 334 g/mol. The fourth-order valence-corrected chi connectivity index (χ4v) is 2.08. The largest absolute Gasteiger partial charge is 0.352 e. The number of aromatic nitrogens is 1. The lowest BCUT2D eigenvalue weighted by Crippen LogP contribution is -2.25. The van der Waals surface area contributed by atoms with E-state index in [1.54, 1.807) is 12.3 Å². The standard InChI is InChI=1S/C13H18BrClN2O/c1-9(2)5-3-4-6-16-13(18)11-7-10(14)8-17-12(11)15/h7-9H,3-6H2,1-2H3,(H,16,18). The Labute approximate surface area is 121 Å². The van der Waals surface area contributed by atoms with Gasteiger partial charge in [-0.2, -0.15) is 0 Å². The molecule has 18 heavy (non-hydrogen) atoms. The Kier molecular flexibility index (Phi) is 6.65. The van der Waals surface area contributed by atoms with Gasteiger partial charge in [0, 0.05) is 17.2 Å². The van der Waals surface area contributed by atoms with Crippen LogP contribution >= 0.6 is 27.5 Å². The fraction of sp³-hybridized carbons (Fsp3) is 0.538. The van der Waals surface area contributed by atoms with E-state index in [0.717, 1.165) is 17.3 Å². The van der Waals surface area contributed by atoms with E-state index in [4.69, 9.17) is 11.6 Å². The van der Waals surface area contributed by atoms with Crippen LogP contribution in [-0.2, 0) is 0 Å². The van der Waals surface area contributed by atoms with Crippen molar-refractivity contribution in [2.45, 2.75) is 33.1 Å². The number of hydrogen-bond donors (Lipinski definition) is 1. The minimum Gasteiger partial charge on any atom is -0.352 e. The predicted octanol–water partition coefficient (Wildman–Crippen LogP) is 4.05. The molecule has 0 aliphatic carbocycles. The first-order chi connectivity index (χ1) is 8.50. The third-order valence-electron chi connectivity index (χ3n) is 2.54. The van der Waals surface area contributed by atoms with Gasteiger partial charge in [-0.05, 0) is 34.3 Å². The first-order valence-electron chi connectivity index (χ1n) is 6.10. The Morgan fingerprint density at radius 2 is 2.22 bits per heavy atom. The summed E-state index contributed by atoms with van der Waals surface area (Å²) in [6.45, 7) is 5.07. The van der Waals surface area contributed by atoms with Gasteiger partial charge in [0.25, 0.3) is 5.91 Å². The van der Waals surface area contributed by atoms with Gasteiger partial charge in [-0.1, -0.05) is 38.3 Å². The molecule has 1 heterocycles. The first-order valence-corrected chi connectivity index (χ1v) is 7.27. The maximum Gasteiger partial charge on any atom is 0.254 e. The maximum atomic E-state index is 11.9. The highest BCUT2D eigenvalue weighted by Gasteiger charge is 2.11. The number of pyridine rings is 1. The molecular formula is C13H18BrClN2O. The number of rotatable bonds is 6. The van der Waals surface area contributed by atoms with Crippen LogP contribution in [0.4, 0.5) is 0 Å². The van der Waals surface area contributed by atoms with Crippen LogP contribution in [0.25, 0.3) is 0 Å². The van der Waals surface area contributed by atoms with Crippen molar-refractivity contribution >= 4 is 33.4 Å². The molecule has 0 aromatic carbocycles. The van der Waals surface area contributed by atoms with Crippen LogP contribution in [0.1, 0.15) is 43.5 Å². The smallest absolute Gasteiger partial charge is 0.254 e. The van der Waals surface area contributed by atoms with E-state index >= 15 is 0 Å². The summed E-state index contributed by atoms with van der Waals surface area (Å²) in [4.78, 5) is 15.8. The molecule has 3 nitrogen and oxygen atoms in total. The molecule has 1 aromatic heterocycles. The zero-order valence-corrected chi connectivity index (χ0v) is 13.0. The lowest BCUT2D eigenvalue weighted by molar-refractivity contribution is 0.0952. The van der Waals surface area contributed by atoms with Gasteiger partial charge in [0.15, 0.2) is 0 Å². The van der Waals surface area contributed by atoms with Gasteiger partial charge in [-0.3, -0.25) is 4.79 Å². The zero-order valence-electron chi connectivity index (χ0n) is 10.7. The Balaban J connectivity index is 2.39. The highest BCUT2D eigenvalue weighted by molar-refractivity contribution is 9.10. The van der Waals surface area contributed by atoms with Gasteiger partial charge in [0.2, 0.25) is 0 Å². The normalized spacial score (nSPS) is 10.7. The Bertz CT molecular complexity index is 410. The molecule has 0 bridgehead atoms. The van der Waals surface area contributed by atoms with E-state index in [2.05, 4.69) is 40.1 Å². The van der Waals surface area contributed by atoms with Crippen LogP contribution in [0.3, 0.4) is 0 Å². The van der Waals surface area contributed by atoms with Crippen molar-refractivity contribution < 1.29 is 4.79 Å². The van der Waals surface area contributed by atoms with Gasteiger partial charge in [-0.25, -0.2) is 4.98 Å². The summed E-state index contributed by atoms with van der Waals surface area (Å²) in [5.74, 6) is 0.544. The Hall–Kier alpha value is -0.610. The highest BCUT2D eigenvalue weighted by Crippen LogP contribution is 2.17. The molecule has 0 saturated carbocycles. The second-order valence-corrected chi connectivity index (χ2v) is 5.91. The third kappa shape index (κ3) is 5.36. The average Bonchev–Trinajstić information content (AvgIpc) is 2.31. The number of unbranched alkanes of at least 4 members (excludes halogenated alkanes) is 1. The summed E-state index contributed by atoms with van der Waals surface area (Å²) < 4.78 is 0.747. The van der Waals surface area contributed by atoms with E-state index < -0.39 is 0 Å². The third-order valence-corrected chi connectivity index (χ3v) is 3.28. The quantitative estimate of drug-likeness (QED) is 0.630. The molecule has 1 aromatic rings. The molecule has 5 heteroatoms. The number of nitrogens with one attached hydrogen (secondary N) is 1. The van der Waals surface area contributed by atoms with Crippen LogP contribution in [0.2, 0.25) is 5.15 Å². The second kappa shape index (κ2) is 7.74. The van der Waals surface area contributed by atoms with E-state index in [9.17, 15) is 4.79 Å². The van der Waals surface area contributed by atoms with Gasteiger partial charge in [0.1, 0.15) is 5.15 Å². The van der Waals surface area contributed by atoms with E-state index in [1.807, 2.05) is 0 Å². The predicted molar refractivity (Wildman–Crippen MR) is 78.0 cm³/mol. The number of carbonyl (C=O) groups excluding carboxylic acids is 1. The second-order valence-electron chi connectivity index (χ2n) is 4.64. The highest BCUT2D eigenvalue weighted by atomic mass is 79.9. The molecule has 0 unspecified atom stereocenters. The van der Waals surface area contributed by atoms with Crippen LogP contribution in [0.5, 0.6) is 0 Å². The summed E-state index contributed by atoms with van der Waals surface area (Å²) in [5.41, 5.74) is 0.412. The van der Waals surface area contributed by atoms with Crippen molar-refractivity contribution in [3.8, 4) is 0 Å². The molecule has 0 spiro atoms. The van der Waals surface area contributed by atoms with E-state index in [-0.39, 0.29) is 11.1 Å². The maximum absolute atomic E-state index is 11.9. The van der Waals surface area contributed by atoms with Crippen molar-refractivity contribution in [2.75, 3.05) is 6.54 Å². The van der Waals surface area contributed by atoms with Crippen molar-refractivity contribution in [1.82, 2.24) is 10.3 Å². The molecule has 1 rings (SSSR count). The van der Waals surface area contributed by atoms with Crippen molar-refractivity contribution in [3.63, 3.8) is 0 Å². The molecule has 100 valence electrons. The molecule has 1 N–H and O–H groups in total. The van der Waals surface area contributed by atoms with Gasteiger partial charge in [0.05, 0.1) is 5.56 Å². The molecule has 0 saturated heterocycles. The molecule has 0 aliphatic rings. The number of hydrogen-bond acceptors (Lipinski definition) is 2. The summed E-state index contributed by atoms with van der Waals surface area (Å²) in [5, 5.41) is 3.09. The molecule has 1 amide bonds. The van der Waals surface area contributed by atoms with Crippen LogP contribution in [0, 0.1) is 5.92 Å². The van der Waals surface area contributed by atoms with Crippen LogP contribution in [0.15, 0.2) is 16.7 Å². The Morgan fingerprint density at radius 3 is 2.89 bits per heavy atom. The number of halogens is 2. The number of nitrogens with zero attached hydrogens (tertiary/aromatic N) is 1. The number of carbonyl (C=O) groups is 1. The lowest BCUT2D eigenvalue weighted by Gasteiger charge is -2.07. The minimum atomic E-state index is -0.168. The molecule has 0 radical (unpaired) electrons. The molecule has 0 atom stereocenters. The SMILES string of the molecule is CC(C)CCCCNC(=O)c1cc(Br)cnc1Cl. The van der Waals surface area contributed by atoms with Gasteiger partial charge < -0.3 is 5.32 Å². The van der Waals surface area contributed by atoms with Crippen molar-refractivity contribution in [1.29, 1.82) is 0 Å². The van der Waals surface area contributed by atoms with Crippen molar-refractivity contribution in [2.24, 2.45) is 5.92 Å². The van der Waals surface area contributed by atoms with Gasteiger partial charge >= 0.3 is 0 Å². The number of amides is 1. The fourth-order valence-electron chi connectivity index (χ4n) is 1.56.